The quantitative estimate of drug-likeness (QED) is 0.438. The third kappa shape index (κ3) is 5.87. The lowest BCUT2D eigenvalue weighted by Gasteiger charge is -2.32. The summed E-state index contributed by atoms with van der Waals surface area (Å²) >= 11 is 0. The summed E-state index contributed by atoms with van der Waals surface area (Å²) in [4.78, 5) is 31.2. The molecule has 2 saturated heterocycles. The molecule has 1 aromatic carbocycles. The number of carbonyl (C=O) groups is 2. The van der Waals surface area contributed by atoms with E-state index >= 15 is 0 Å². The number of nitrogens with two attached hydrogens (primary N) is 1. The van der Waals surface area contributed by atoms with Crippen LogP contribution in [0.4, 0.5) is 0 Å². The fourth-order valence-electron chi connectivity index (χ4n) is 5.46. The van der Waals surface area contributed by atoms with Gasteiger partial charge in [-0.2, -0.15) is 10.4 Å². The van der Waals surface area contributed by atoms with Crippen molar-refractivity contribution in [2.75, 3.05) is 26.2 Å². The van der Waals surface area contributed by atoms with Crippen LogP contribution in [0.3, 0.4) is 0 Å². The van der Waals surface area contributed by atoms with Crippen molar-refractivity contribution < 1.29 is 19.1 Å². The van der Waals surface area contributed by atoms with E-state index in [1.54, 1.807) is 23.2 Å². The zero-order valence-corrected chi connectivity index (χ0v) is 22.9. The smallest absolute Gasteiger partial charge is 0.252 e. The van der Waals surface area contributed by atoms with Gasteiger partial charge in [0.15, 0.2) is 0 Å². The SMILES string of the molecule is CC(C)Oc1cc2c(OC3CCCN(C(=O)CC#N)C3)ncc(-c3cnn(C4CCNCC4)c3)c2cc1C(N)=O. The zero-order chi connectivity index (χ0) is 28.2. The molecule has 5 rings (SSSR count). The second-order valence-electron chi connectivity index (χ2n) is 10.6. The van der Waals surface area contributed by atoms with E-state index in [9.17, 15) is 9.59 Å². The molecule has 2 aliphatic heterocycles. The Morgan fingerprint density at radius 2 is 2.00 bits per heavy atom. The van der Waals surface area contributed by atoms with Gasteiger partial charge in [-0.05, 0) is 70.1 Å². The molecular weight excluding hydrogens is 510 g/mol. The van der Waals surface area contributed by atoms with Crippen molar-refractivity contribution in [1.29, 1.82) is 5.26 Å². The van der Waals surface area contributed by atoms with Gasteiger partial charge in [0, 0.05) is 35.5 Å². The van der Waals surface area contributed by atoms with Gasteiger partial charge in [-0.3, -0.25) is 14.3 Å². The molecule has 0 aliphatic carbocycles. The average molecular weight is 546 g/mol. The van der Waals surface area contributed by atoms with Crippen LogP contribution in [-0.2, 0) is 4.79 Å². The van der Waals surface area contributed by atoms with Crippen LogP contribution < -0.4 is 20.5 Å². The lowest BCUT2D eigenvalue weighted by Crippen LogP contribution is -2.44. The summed E-state index contributed by atoms with van der Waals surface area (Å²) in [6.45, 7) is 6.65. The largest absolute Gasteiger partial charge is 0.490 e. The molecule has 2 amide bonds. The number of likely N-dealkylation sites (tertiary alicyclic amines) is 1. The molecule has 2 aliphatic rings. The van der Waals surface area contributed by atoms with Crippen LogP contribution in [0.25, 0.3) is 21.9 Å². The Morgan fingerprint density at radius 3 is 2.73 bits per heavy atom. The molecule has 3 N–H and O–H groups in total. The van der Waals surface area contributed by atoms with E-state index in [0.717, 1.165) is 55.3 Å². The number of rotatable bonds is 8. The molecule has 11 heteroatoms. The summed E-state index contributed by atoms with van der Waals surface area (Å²) in [5, 5.41) is 18.4. The predicted molar refractivity (Wildman–Crippen MR) is 149 cm³/mol. The molecule has 3 aromatic rings. The molecule has 0 spiro atoms. The molecule has 0 saturated carbocycles. The molecule has 210 valence electrons. The molecule has 4 heterocycles. The molecule has 1 unspecified atom stereocenters. The summed E-state index contributed by atoms with van der Waals surface area (Å²) in [7, 11) is 0. The number of pyridine rings is 1. The van der Waals surface area contributed by atoms with E-state index in [-0.39, 0.29) is 30.1 Å². The minimum atomic E-state index is -0.591. The Bertz CT molecular complexity index is 1440. The van der Waals surface area contributed by atoms with Gasteiger partial charge in [0.25, 0.3) is 5.91 Å². The first-order valence-corrected chi connectivity index (χ1v) is 13.8. The predicted octanol–water partition coefficient (Wildman–Crippen LogP) is 3.19. The van der Waals surface area contributed by atoms with E-state index < -0.39 is 5.91 Å². The molecule has 0 radical (unpaired) electrons. The van der Waals surface area contributed by atoms with Gasteiger partial charge in [0.2, 0.25) is 11.8 Å². The number of nitriles is 1. The van der Waals surface area contributed by atoms with Crippen molar-refractivity contribution in [3.63, 3.8) is 0 Å². The Morgan fingerprint density at radius 1 is 1.20 bits per heavy atom. The minimum Gasteiger partial charge on any atom is -0.490 e. The lowest BCUT2D eigenvalue weighted by atomic mass is 9.99. The van der Waals surface area contributed by atoms with Crippen LogP contribution in [0.15, 0.2) is 30.7 Å². The third-order valence-electron chi connectivity index (χ3n) is 7.41. The number of hydrogen-bond donors (Lipinski definition) is 2. The second kappa shape index (κ2) is 11.9. The van der Waals surface area contributed by atoms with Crippen molar-refractivity contribution in [1.82, 2.24) is 25.0 Å². The number of nitrogens with one attached hydrogen (secondary N) is 1. The normalized spacial score (nSPS) is 18.1. The Hall–Kier alpha value is -4.17. The molecule has 2 aromatic heterocycles. The van der Waals surface area contributed by atoms with E-state index in [1.165, 1.54) is 0 Å². The zero-order valence-electron chi connectivity index (χ0n) is 22.9. The summed E-state index contributed by atoms with van der Waals surface area (Å²) < 4.78 is 14.4. The van der Waals surface area contributed by atoms with Gasteiger partial charge < -0.3 is 25.4 Å². The first-order valence-electron chi connectivity index (χ1n) is 13.8. The van der Waals surface area contributed by atoms with E-state index in [2.05, 4.69) is 10.4 Å². The van der Waals surface area contributed by atoms with E-state index in [1.807, 2.05) is 37.0 Å². The fraction of sp³-hybridized carbons (Fsp3) is 0.483. The average Bonchev–Trinajstić information content (AvgIpc) is 3.43. The number of hydrogen-bond acceptors (Lipinski definition) is 8. The van der Waals surface area contributed by atoms with E-state index in [0.29, 0.717) is 36.1 Å². The van der Waals surface area contributed by atoms with Gasteiger partial charge in [-0.25, -0.2) is 4.98 Å². The number of piperidine rings is 2. The lowest BCUT2D eigenvalue weighted by molar-refractivity contribution is -0.132. The van der Waals surface area contributed by atoms with Crippen molar-refractivity contribution in [2.24, 2.45) is 5.73 Å². The van der Waals surface area contributed by atoms with Crippen LogP contribution in [0.2, 0.25) is 0 Å². The molecule has 11 nitrogen and oxygen atoms in total. The summed E-state index contributed by atoms with van der Waals surface area (Å²) in [5.41, 5.74) is 7.73. The molecule has 1 atom stereocenters. The summed E-state index contributed by atoms with van der Waals surface area (Å²) in [5.74, 6) is -0.0482. The first-order chi connectivity index (χ1) is 19.3. The standard InChI is InChI=1S/C29H35N7O4/c1-18(2)39-26-13-23-22(12-24(26)28(31)38)25(19-14-34-36(16-19)20-6-9-32-10-7-20)15-33-29(23)40-21-4-3-11-35(17-21)27(37)5-8-30/h12-16,18,20-21,32H,3-7,9-11,17H2,1-2H3,(H2,31,38). The van der Waals surface area contributed by atoms with Crippen LogP contribution in [0, 0.1) is 11.3 Å². The number of nitrogens with zero attached hydrogens (tertiary/aromatic N) is 5. The number of aromatic nitrogens is 3. The number of ether oxygens (including phenoxy) is 2. The van der Waals surface area contributed by atoms with Crippen molar-refractivity contribution in [2.45, 2.75) is 64.2 Å². The Labute approximate surface area is 233 Å². The molecule has 0 bridgehead atoms. The highest BCUT2D eigenvalue weighted by Gasteiger charge is 2.27. The van der Waals surface area contributed by atoms with Crippen molar-refractivity contribution >= 4 is 22.6 Å². The maximum Gasteiger partial charge on any atom is 0.252 e. The van der Waals surface area contributed by atoms with Crippen LogP contribution >= 0.6 is 0 Å². The fourth-order valence-corrected chi connectivity index (χ4v) is 5.46. The molecular formula is C29H35N7O4. The number of carbonyl (C=O) groups excluding carboxylic acids is 2. The maximum absolute atomic E-state index is 12.5. The van der Waals surface area contributed by atoms with E-state index in [4.69, 9.17) is 25.5 Å². The number of fused-ring (bicyclic) bond motifs is 1. The van der Waals surface area contributed by atoms with Crippen molar-refractivity contribution in [3.8, 4) is 28.8 Å². The maximum atomic E-state index is 12.5. The highest BCUT2D eigenvalue weighted by Crippen LogP contribution is 2.38. The van der Waals surface area contributed by atoms with Gasteiger partial charge in [0.05, 0.1) is 36.5 Å². The van der Waals surface area contributed by atoms with Gasteiger partial charge in [0.1, 0.15) is 18.3 Å². The highest BCUT2D eigenvalue weighted by atomic mass is 16.5. The highest BCUT2D eigenvalue weighted by molar-refractivity contribution is 6.06. The van der Waals surface area contributed by atoms with Gasteiger partial charge in [-0.1, -0.05) is 0 Å². The monoisotopic (exact) mass is 545 g/mol. The van der Waals surface area contributed by atoms with Gasteiger partial charge >= 0.3 is 0 Å². The number of amides is 2. The third-order valence-corrected chi connectivity index (χ3v) is 7.41. The molecule has 40 heavy (non-hydrogen) atoms. The van der Waals surface area contributed by atoms with Crippen molar-refractivity contribution in [3.05, 3.63) is 36.3 Å². The Kier molecular flexibility index (Phi) is 8.16. The number of benzene rings is 1. The summed E-state index contributed by atoms with van der Waals surface area (Å²) in [6, 6.07) is 5.75. The van der Waals surface area contributed by atoms with Gasteiger partial charge in [-0.15, -0.1) is 0 Å². The Balaban J connectivity index is 1.55. The second-order valence-corrected chi connectivity index (χ2v) is 10.6. The topological polar surface area (TPSA) is 148 Å². The molecule has 2 fully saturated rings. The minimum absolute atomic E-state index is 0.153. The van der Waals surface area contributed by atoms with Crippen LogP contribution in [0.5, 0.6) is 11.6 Å². The number of primary amides is 1. The first kappa shape index (κ1) is 27.4. The summed E-state index contributed by atoms with van der Waals surface area (Å²) in [6.07, 6.45) is 8.48. The van der Waals surface area contributed by atoms with Crippen LogP contribution in [0.1, 0.15) is 62.4 Å². The van der Waals surface area contributed by atoms with Crippen LogP contribution in [-0.4, -0.2) is 69.9 Å².